The van der Waals surface area contributed by atoms with Crippen molar-refractivity contribution in [1.29, 1.82) is 0 Å². The summed E-state index contributed by atoms with van der Waals surface area (Å²) in [6.07, 6.45) is 0.672. The normalized spacial score (nSPS) is 14.1. The molecule has 0 atom stereocenters. The Morgan fingerprint density at radius 1 is 1.04 bits per heavy atom. The maximum atomic E-state index is 12.3. The lowest BCUT2D eigenvalue weighted by Crippen LogP contribution is -2.33. The molecule has 2 N–H and O–H groups in total. The van der Waals surface area contributed by atoms with Crippen LogP contribution in [0.25, 0.3) is 0 Å². The lowest BCUT2D eigenvalue weighted by Gasteiger charge is -2.30. The number of amides is 2. The number of ether oxygens (including phenoxy) is 1. The van der Waals surface area contributed by atoms with E-state index < -0.39 is 5.41 Å². The van der Waals surface area contributed by atoms with E-state index in [-0.39, 0.29) is 30.8 Å². The molecular weight excluding hydrogens is 388 g/mol. The Balaban J connectivity index is 2.06. The topological polar surface area (TPSA) is 110 Å². The van der Waals surface area contributed by atoms with Crippen molar-refractivity contribution in [3.63, 3.8) is 0 Å². The second-order valence-electron chi connectivity index (χ2n) is 6.43. The van der Waals surface area contributed by atoms with Crippen molar-refractivity contribution in [3.8, 4) is 0 Å². The predicted octanol–water partition coefficient (Wildman–Crippen LogP) is 2.68. The van der Waals surface area contributed by atoms with Crippen molar-refractivity contribution >= 4 is 50.7 Å². The minimum absolute atomic E-state index is 0.0767. The summed E-state index contributed by atoms with van der Waals surface area (Å²) in [6, 6.07) is 0. The lowest BCUT2D eigenvalue weighted by atomic mass is 9.75. The standard InChI is InChI=1S/C17H20N4O4S2/c1-5-25-12(24)7-17(4)13-10(26-15(20-13)18-8(2)22)6-11-14(17)21-16(27-11)19-9(3)23/h5-7H2,1-4H3,(H,18,20,22)(H,19,21,23). The minimum Gasteiger partial charge on any atom is -0.466 e. The molecule has 0 radical (unpaired) electrons. The number of esters is 1. The van der Waals surface area contributed by atoms with Gasteiger partial charge >= 0.3 is 5.97 Å². The highest BCUT2D eigenvalue weighted by molar-refractivity contribution is 7.17. The number of rotatable bonds is 5. The SMILES string of the molecule is CCOC(=O)CC1(C)c2nc(NC(C)=O)sc2Cc2sc(NC(C)=O)nc21. The average Bonchev–Trinajstić information content (AvgIpc) is 3.11. The van der Waals surface area contributed by atoms with E-state index in [1.54, 1.807) is 6.92 Å². The monoisotopic (exact) mass is 408 g/mol. The number of aromatic nitrogens is 2. The molecular formula is C17H20N4O4S2. The van der Waals surface area contributed by atoms with Crippen molar-refractivity contribution < 1.29 is 19.1 Å². The summed E-state index contributed by atoms with van der Waals surface area (Å²) in [7, 11) is 0. The van der Waals surface area contributed by atoms with E-state index in [2.05, 4.69) is 20.6 Å². The van der Waals surface area contributed by atoms with Gasteiger partial charge in [0.25, 0.3) is 0 Å². The molecule has 144 valence electrons. The van der Waals surface area contributed by atoms with Gasteiger partial charge in [-0.05, 0) is 13.8 Å². The van der Waals surface area contributed by atoms with Gasteiger partial charge in [-0.2, -0.15) is 0 Å². The molecule has 1 aliphatic rings. The highest BCUT2D eigenvalue weighted by atomic mass is 32.1. The van der Waals surface area contributed by atoms with E-state index in [1.807, 2.05) is 6.92 Å². The van der Waals surface area contributed by atoms with E-state index in [9.17, 15) is 14.4 Å². The molecule has 2 heterocycles. The fourth-order valence-corrected chi connectivity index (χ4v) is 5.53. The molecule has 10 heteroatoms. The van der Waals surface area contributed by atoms with Crippen LogP contribution in [0.5, 0.6) is 0 Å². The van der Waals surface area contributed by atoms with Gasteiger partial charge in [-0.25, -0.2) is 9.97 Å². The summed E-state index contributed by atoms with van der Waals surface area (Å²) < 4.78 is 5.16. The van der Waals surface area contributed by atoms with Crippen LogP contribution in [-0.2, 0) is 31.0 Å². The maximum Gasteiger partial charge on any atom is 0.307 e. The quantitative estimate of drug-likeness (QED) is 0.736. The number of carbonyl (C=O) groups is 3. The van der Waals surface area contributed by atoms with E-state index in [1.165, 1.54) is 36.5 Å². The Labute approximate surface area is 164 Å². The van der Waals surface area contributed by atoms with Gasteiger partial charge in [0.05, 0.1) is 29.8 Å². The van der Waals surface area contributed by atoms with Gasteiger partial charge in [0.15, 0.2) is 10.3 Å². The van der Waals surface area contributed by atoms with Crippen LogP contribution in [0.1, 0.15) is 55.3 Å². The van der Waals surface area contributed by atoms with Crippen LogP contribution < -0.4 is 10.6 Å². The van der Waals surface area contributed by atoms with Crippen molar-refractivity contribution in [2.24, 2.45) is 0 Å². The summed E-state index contributed by atoms with van der Waals surface area (Å²) in [4.78, 5) is 46.2. The first-order valence-corrected chi connectivity index (χ1v) is 10.1. The summed E-state index contributed by atoms with van der Waals surface area (Å²) in [5.74, 6) is -0.745. The average molecular weight is 409 g/mol. The first-order valence-electron chi connectivity index (χ1n) is 8.44. The molecule has 0 bridgehead atoms. The van der Waals surface area contributed by atoms with Crippen molar-refractivity contribution in [1.82, 2.24) is 9.97 Å². The van der Waals surface area contributed by atoms with Crippen LogP contribution in [0.2, 0.25) is 0 Å². The van der Waals surface area contributed by atoms with Crippen LogP contribution >= 0.6 is 22.7 Å². The molecule has 0 unspecified atom stereocenters. The Hall–Kier alpha value is -2.33. The van der Waals surface area contributed by atoms with Crippen molar-refractivity contribution in [2.75, 3.05) is 17.2 Å². The predicted molar refractivity (Wildman–Crippen MR) is 103 cm³/mol. The third-order valence-electron chi connectivity index (χ3n) is 4.13. The van der Waals surface area contributed by atoms with Gasteiger partial charge in [0.2, 0.25) is 11.8 Å². The first kappa shape index (κ1) is 19.4. The molecule has 0 aromatic carbocycles. The van der Waals surface area contributed by atoms with Crippen LogP contribution in [-0.4, -0.2) is 34.4 Å². The Bertz CT molecular complexity index is 858. The van der Waals surface area contributed by atoms with Gasteiger partial charge < -0.3 is 15.4 Å². The molecule has 0 fully saturated rings. The van der Waals surface area contributed by atoms with Gasteiger partial charge in [-0.1, -0.05) is 0 Å². The Morgan fingerprint density at radius 2 is 1.52 bits per heavy atom. The number of hydrogen-bond acceptors (Lipinski definition) is 8. The zero-order valence-electron chi connectivity index (χ0n) is 15.5. The van der Waals surface area contributed by atoms with Gasteiger partial charge in [0.1, 0.15) is 0 Å². The first-order chi connectivity index (χ1) is 12.7. The summed E-state index contributed by atoms with van der Waals surface area (Å²) in [6.45, 7) is 6.80. The number of nitrogens with one attached hydrogen (secondary N) is 2. The maximum absolute atomic E-state index is 12.3. The number of carbonyl (C=O) groups excluding carboxylic acids is 3. The molecule has 0 spiro atoms. The minimum atomic E-state index is -0.796. The number of fused-ring (bicyclic) bond motifs is 2. The van der Waals surface area contributed by atoms with Crippen LogP contribution in [0, 0.1) is 0 Å². The Kier molecular flexibility index (Phi) is 5.29. The van der Waals surface area contributed by atoms with Crippen LogP contribution in [0.15, 0.2) is 0 Å². The van der Waals surface area contributed by atoms with Crippen molar-refractivity contribution in [2.45, 2.75) is 46.0 Å². The van der Waals surface area contributed by atoms with Crippen LogP contribution in [0.4, 0.5) is 10.3 Å². The molecule has 1 aliphatic carbocycles. The molecule has 2 aromatic heterocycles. The fraction of sp³-hybridized carbons (Fsp3) is 0.471. The second-order valence-corrected chi connectivity index (χ2v) is 8.60. The molecule has 0 saturated carbocycles. The smallest absolute Gasteiger partial charge is 0.307 e. The largest absolute Gasteiger partial charge is 0.466 e. The number of thiazole rings is 2. The lowest BCUT2D eigenvalue weighted by molar-refractivity contribution is -0.144. The van der Waals surface area contributed by atoms with Gasteiger partial charge in [0, 0.05) is 30.0 Å². The molecule has 8 nitrogen and oxygen atoms in total. The molecule has 0 saturated heterocycles. The molecule has 27 heavy (non-hydrogen) atoms. The number of anilines is 2. The molecule has 0 aliphatic heterocycles. The van der Waals surface area contributed by atoms with E-state index in [4.69, 9.17) is 4.74 Å². The highest BCUT2D eigenvalue weighted by Crippen LogP contribution is 2.48. The number of nitrogens with zero attached hydrogens (tertiary/aromatic N) is 2. The zero-order valence-corrected chi connectivity index (χ0v) is 17.1. The van der Waals surface area contributed by atoms with Crippen molar-refractivity contribution in [3.05, 3.63) is 21.1 Å². The van der Waals surface area contributed by atoms with Crippen LogP contribution in [0.3, 0.4) is 0 Å². The summed E-state index contributed by atoms with van der Waals surface area (Å²) in [5.41, 5.74) is 0.642. The summed E-state index contributed by atoms with van der Waals surface area (Å²) >= 11 is 2.78. The zero-order chi connectivity index (χ0) is 19.8. The fourth-order valence-electron chi connectivity index (χ4n) is 3.14. The second kappa shape index (κ2) is 7.35. The molecule has 2 amide bonds. The summed E-state index contributed by atoms with van der Waals surface area (Å²) in [5, 5.41) is 6.43. The third-order valence-corrected chi connectivity index (χ3v) is 6.07. The highest BCUT2D eigenvalue weighted by Gasteiger charge is 2.44. The van der Waals surface area contributed by atoms with E-state index in [0.29, 0.717) is 16.7 Å². The number of hydrogen-bond donors (Lipinski definition) is 2. The third kappa shape index (κ3) is 3.86. The van der Waals surface area contributed by atoms with E-state index >= 15 is 0 Å². The Morgan fingerprint density at radius 3 is 1.93 bits per heavy atom. The van der Waals surface area contributed by atoms with E-state index in [0.717, 1.165) is 21.1 Å². The molecule has 2 aromatic rings. The van der Waals surface area contributed by atoms with Gasteiger partial charge in [-0.15, -0.1) is 22.7 Å². The molecule has 3 rings (SSSR count). The van der Waals surface area contributed by atoms with Gasteiger partial charge in [-0.3, -0.25) is 14.4 Å².